The van der Waals surface area contributed by atoms with E-state index in [0.29, 0.717) is 16.5 Å². The summed E-state index contributed by atoms with van der Waals surface area (Å²) in [4.78, 5) is 11.1. The van der Waals surface area contributed by atoms with E-state index in [1.165, 1.54) is 6.42 Å². The Labute approximate surface area is 112 Å². The fraction of sp³-hybridized carbons (Fsp3) is 0.500. The molecule has 0 spiro atoms. The van der Waals surface area contributed by atoms with Crippen LogP contribution in [0.15, 0.2) is 18.2 Å². The van der Waals surface area contributed by atoms with Crippen molar-refractivity contribution in [2.75, 3.05) is 0 Å². The van der Waals surface area contributed by atoms with E-state index in [1.54, 1.807) is 18.2 Å². The largest absolute Gasteiger partial charge is 0.478 e. The zero-order valence-electron chi connectivity index (χ0n) is 10.2. The Balaban J connectivity index is 2.08. The van der Waals surface area contributed by atoms with Gasteiger partial charge in [0.2, 0.25) is 0 Å². The first kappa shape index (κ1) is 13.4. The number of carbonyl (C=O) groups is 1. The van der Waals surface area contributed by atoms with Crippen LogP contribution in [0.4, 0.5) is 0 Å². The Hall–Kier alpha value is -1.06. The van der Waals surface area contributed by atoms with E-state index in [2.05, 4.69) is 0 Å². The van der Waals surface area contributed by atoms with Crippen molar-refractivity contribution in [3.05, 3.63) is 34.3 Å². The van der Waals surface area contributed by atoms with Crippen molar-refractivity contribution in [2.45, 2.75) is 38.1 Å². The summed E-state index contributed by atoms with van der Waals surface area (Å²) < 4.78 is 0. The lowest BCUT2D eigenvalue weighted by molar-refractivity contribution is 0.0695. The lowest BCUT2D eigenvalue weighted by Crippen LogP contribution is -2.24. The van der Waals surface area contributed by atoms with Gasteiger partial charge in [-0.05, 0) is 55.4 Å². The lowest BCUT2D eigenvalue weighted by atomic mass is 9.93. The van der Waals surface area contributed by atoms with Crippen LogP contribution in [0.2, 0.25) is 5.02 Å². The maximum atomic E-state index is 11.1. The zero-order chi connectivity index (χ0) is 13.1. The number of aryl methyl sites for hydroxylation is 1. The average molecular weight is 268 g/mol. The Morgan fingerprint density at radius 2 is 2.22 bits per heavy atom. The minimum absolute atomic E-state index is 0.275. The molecule has 2 atom stereocenters. The molecule has 1 saturated carbocycles. The maximum absolute atomic E-state index is 11.1. The summed E-state index contributed by atoms with van der Waals surface area (Å²) in [7, 11) is 0. The monoisotopic (exact) mass is 267 g/mol. The highest BCUT2D eigenvalue weighted by molar-refractivity contribution is 6.30. The summed E-state index contributed by atoms with van der Waals surface area (Å²) in [6.07, 6.45) is 5.12. The highest BCUT2D eigenvalue weighted by atomic mass is 35.5. The molecule has 0 amide bonds. The minimum atomic E-state index is -0.891. The van der Waals surface area contributed by atoms with E-state index >= 15 is 0 Å². The summed E-state index contributed by atoms with van der Waals surface area (Å²) in [6.45, 7) is 0. The first-order chi connectivity index (χ1) is 8.58. The van der Waals surface area contributed by atoms with Crippen LogP contribution >= 0.6 is 11.6 Å². The van der Waals surface area contributed by atoms with Gasteiger partial charge < -0.3 is 10.8 Å². The van der Waals surface area contributed by atoms with Gasteiger partial charge in [0, 0.05) is 11.1 Å². The third-order valence-electron chi connectivity index (χ3n) is 3.80. The van der Waals surface area contributed by atoms with Gasteiger partial charge in [0.05, 0.1) is 5.56 Å². The molecule has 1 aliphatic carbocycles. The molecule has 98 valence electrons. The predicted molar refractivity (Wildman–Crippen MR) is 72.0 cm³/mol. The summed E-state index contributed by atoms with van der Waals surface area (Å²) in [5, 5.41) is 9.72. The Kier molecular flexibility index (Phi) is 4.25. The molecule has 3 nitrogen and oxygen atoms in total. The van der Waals surface area contributed by atoms with E-state index < -0.39 is 5.97 Å². The van der Waals surface area contributed by atoms with Crippen molar-refractivity contribution >= 4 is 17.6 Å². The van der Waals surface area contributed by atoms with Crippen molar-refractivity contribution in [3.8, 4) is 0 Å². The number of carboxylic acid groups (broad SMARTS) is 1. The third-order valence-corrected chi connectivity index (χ3v) is 4.04. The number of halogens is 1. The number of benzene rings is 1. The molecule has 0 radical (unpaired) electrons. The molecule has 1 aliphatic rings. The summed E-state index contributed by atoms with van der Waals surface area (Å²) in [5.41, 5.74) is 7.20. The minimum Gasteiger partial charge on any atom is -0.478 e. The van der Waals surface area contributed by atoms with Gasteiger partial charge in [-0.3, -0.25) is 0 Å². The topological polar surface area (TPSA) is 63.3 Å². The van der Waals surface area contributed by atoms with E-state index in [0.717, 1.165) is 31.2 Å². The van der Waals surface area contributed by atoms with Crippen molar-refractivity contribution in [2.24, 2.45) is 11.7 Å². The molecule has 0 aliphatic heterocycles. The van der Waals surface area contributed by atoms with E-state index in [9.17, 15) is 4.79 Å². The molecular weight excluding hydrogens is 250 g/mol. The third kappa shape index (κ3) is 3.03. The fourth-order valence-electron chi connectivity index (χ4n) is 2.74. The quantitative estimate of drug-likeness (QED) is 0.881. The van der Waals surface area contributed by atoms with Crippen LogP contribution in [0.25, 0.3) is 0 Å². The van der Waals surface area contributed by atoms with Crippen LogP contribution < -0.4 is 5.73 Å². The summed E-state index contributed by atoms with van der Waals surface area (Å²) in [5.74, 6) is -0.372. The van der Waals surface area contributed by atoms with Crippen molar-refractivity contribution in [1.29, 1.82) is 0 Å². The Bertz CT molecular complexity index is 447. The molecule has 0 saturated heterocycles. The molecule has 0 aromatic heterocycles. The standard InChI is InChI=1S/C14H18ClNO2/c15-11-6-7-12(14(17)18)10(8-11)5-4-9-2-1-3-13(9)16/h6-9,13H,1-5,16H2,(H,17,18)/t9-,13+/m1/s1. The first-order valence-corrected chi connectivity index (χ1v) is 6.73. The highest BCUT2D eigenvalue weighted by Gasteiger charge is 2.24. The predicted octanol–water partition coefficient (Wildman–Crippen LogP) is 3.10. The molecule has 0 unspecified atom stereocenters. The molecule has 3 N–H and O–H groups in total. The molecule has 0 heterocycles. The van der Waals surface area contributed by atoms with E-state index in [-0.39, 0.29) is 6.04 Å². The molecule has 1 fully saturated rings. The van der Waals surface area contributed by atoms with Gasteiger partial charge in [-0.25, -0.2) is 4.79 Å². The van der Waals surface area contributed by atoms with Gasteiger partial charge >= 0.3 is 5.97 Å². The second-order valence-electron chi connectivity index (χ2n) is 5.00. The molecule has 0 bridgehead atoms. The fourth-order valence-corrected chi connectivity index (χ4v) is 2.94. The van der Waals surface area contributed by atoms with Gasteiger partial charge in [0.25, 0.3) is 0 Å². The molecular formula is C14H18ClNO2. The van der Waals surface area contributed by atoms with Gasteiger partial charge in [-0.1, -0.05) is 18.0 Å². The van der Waals surface area contributed by atoms with Crippen LogP contribution in [0, 0.1) is 5.92 Å². The number of hydrogen-bond donors (Lipinski definition) is 2. The van der Waals surface area contributed by atoms with Crippen LogP contribution in [0.5, 0.6) is 0 Å². The van der Waals surface area contributed by atoms with Gasteiger partial charge in [-0.15, -0.1) is 0 Å². The lowest BCUT2D eigenvalue weighted by Gasteiger charge is -2.15. The number of nitrogens with two attached hydrogens (primary N) is 1. The maximum Gasteiger partial charge on any atom is 0.335 e. The normalized spacial score (nSPS) is 23.2. The summed E-state index contributed by atoms with van der Waals surface area (Å²) >= 11 is 5.93. The van der Waals surface area contributed by atoms with Crippen LogP contribution in [0.1, 0.15) is 41.6 Å². The Morgan fingerprint density at radius 3 is 2.83 bits per heavy atom. The van der Waals surface area contributed by atoms with Crippen molar-refractivity contribution in [3.63, 3.8) is 0 Å². The molecule has 18 heavy (non-hydrogen) atoms. The highest BCUT2D eigenvalue weighted by Crippen LogP contribution is 2.29. The molecule has 4 heteroatoms. The van der Waals surface area contributed by atoms with Gasteiger partial charge in [0.1, 0.15) is 0 Å². The number of aromatic carboxylic acids is 1. The summed E-state index contributed by atoms with van der Waals surface area (Å²) in [6, 6.07) is 5.23. The van der Waals surface area contributed by atoms with Gasteiger partial charge in [-0.2, -0.15) is 0 Å². The first-order valence-electron chi connectivity index (χ1n) is 6.35. The van der Waals surface area contributed by atoms with Crippen molar-refractivity contribution in [1.82, 2.24) is 0 Å². The van der Waals surface area contributed by atoms with Gasteiger partial charge in [0.15, 0.2) is 0 Å². The van der Waals surface area contributed by atoms with Crippen LogP contribution in [0.3, 0.4) is 0 Å². The number of hydrogen-bond acceptors (Lipinski definition) is 2. The molecule has 2 rings (SSSR count). The smallest absolute Gasteiger partial charge is 0.335 e. The Morgan fingerprint density at radius 1 is 1.44 bits per heavy atom. The number of rotatable bonds is 4. The van der Waals surface area contributed by atoms with Crippen molar-refractivity contribution < 1.29 is 9.90 Å². The van der Waals surface area contributed by atoms with Crippen LogP contribution in [-0.2, 0) is 6.42 Å². The van der Waals surface area contributed by atoms with E-state index in [4.69, 9.17) is 22.4 Å². The second-order valence-corrected chi connectivity index (χ2v) is 5.44. The molecule has 1 aromatic rings. The average Bonchev–Trinajstić information content (AvgIpc) is 2.72. The zero-order valence-corrected chi connectivity index (χ0v) is 11.0. The van der Waals surface area contributed by atoms with E-state index in [1.807, 2.05) is 0 Å². The SMILES string of the molecule is N[C@H]1CCC[C@@H]1CCc1cc(Cl)ccc1C(=O)O. The molecule has 1 aromatic carbocycles. The number of carboxylic acids is 1. The second kappa shape index (κ2) is 5.72. The van der Waals surface area contributed by atoms with Crippen LogP contribution in [-0.4, -0.2) is 17.1 Å².